The fourth-order valence-electron chi connectivity index (χ4n) is 1.34. The molecule has 0 aromatic heterocycles. The first-order valence-electron chi connectivity index (χ1n) is 4.37. The number of benzene rings is 1. The van der Waals surface area contributed by atoms with Gasteiger partial charge in [-0.1, -0.05) is 25.1 Å². The minimum absolute atomic E-state index is 0.299. The third-order valence-corrected chi connectivity index (χ3v) is 2.96. The zero-order valence-electron chi connectivity index (χ0n) is 7.98. The molecule has 0 amide bonds. The Morgan fingerprint density at radius 2 is 1.87 bits per heavy atom. The van der Waals surface area contributed by atoms with Crippen LogP contribution in [0.15, 0.2) is 24.3 Å². The molecule has 1 unspecified atom stereocenters. The van der Waals surface area contributed by atoms with Crippen LogP contribution in [-0.4, -0.2) is 9.94 Å². The van der Waals surface area contributed by atoms with E-state index in [0.29, 0.717) is 0 Å². The second-order valence-electron chi connectivity index (χ2n) is 3.19. The standard InChI is InChI=1S/C10H10BrF3O/c1-2-9(15,10(11,13)14)7-5-3-4-6-8(7)12/h3-6,15H,2H2,1H3. The number of halogens is 4. The van der Waals surface area contributed by atoms with Crippen LogP contribution in [0.3, 0.4) is 0 Å². The first kappa shape index (κ1) is 12.5. The van der Waals surface area contributed by atoms with Crippen LogP contribution in [-0.2, 0) is 5.60 Å². The largest absolute Gasteiger partial charge is 0.378 e. The normalized spacial score (nSPS) is 16.1. The molecule has 0 heterocycles. The van der Waals surface area contributed by atoms with Crippen molar-refractivity contribution in [2.75, 3.05) is 0 Å². The van der Waals surface area contributed by atoms with Gasteiger partial charge in [-0.25, -0.2) is 4.39 Å². The van der Waals surface area contributed by atoms with Crippen molar-refractivity contribution >= 4 is 15.9 Å². The van der Waals surface area contributed by atoms with Crippen molar-refractivity contribution in [2.24, 2.45) is 0 Å². The molecule has 0 saturated carbocycles. The summed E-state index contributed by atoms with van der Waals surface area (Å²) in [5.41, 5.74) is -2.94. The van der Waals surface area contributed by atoms with Crippen molar-refractivity contribution in [3.8, 4) is 0 Å². The van der Waals surface area contributed by atoms with Crippen LogP contribution in [0.4, 0.5) is 13.2 Å². The van der Waals surface area contributed by atoms with Gasteiger partial charge in [0.1, 0.15) is 5.82 Å². The van der Waals surface area contributed by atoms with Crippen molar-refractivity contribution in [1.82, 2.24) is 0 Å². The second kappa shape index (κ2) is 4.14. The van der Waals surface area contributed by atoms with E-state index >= 15 is 0 Å². The lowest BCUT2D eigenvalue weighted by molar-refractivity contribution is -0.125. The fourth-order valence-corrected chi connectivity index (χ4v) is 1.83. The Morgan fingerprint density at radius 1 is 1.33 bits per heavy atom. The molecule has 0 aliphatic heterocycles. The number of hydrogen-bond donors (Lipinski definition) is 1. The van der Waals surface area contributed by atoms with Gasteiger partial charge in [0.2, 0.25) is 0 Å². The molecule has 0 radical (unpaired) electrons. The summed E-state index contributed by atoms with van der Waals surface area (Å²) in [6.07, 6.45) is -0.299. The predicted octanol–water partition coefficient (Wildman–Crippen LogP) is 3.41. The predicted molar refractivity (Wildman–Crippen MR) is 54.5 cm³/mol. The maximum atomic E-state index is 13.3. The van der Waals surface area contributed by atoms with Crippen molar-refractivity contribution < 1.29 is 18.3 Å². The van der Waals surface area contributed by atoms with E-state index in [1.165, 1.54) is 19.1 Å². The molecular formula is C10H10BrF3O. The van der Waals surface area contributed by atoms with Crippen LogP contribution >= 0.6 is 15.9 Å². The molecular weight excluding hydrogens is 273 g/mol. The van der Waals surface area contributed by atoms with Crippen LogP contribution in [0.2, 0.25) is 0 Å². The maximum Gasteiger partial charge on any atom is 0.333 e. The minimum Gasteiger partial charge on any atom is -0.378 e. The molecule has 5 heteroatoms. The van der Waals surface area contributed by atoms with Crippen LogP contribution in [0.5, 0.6) is 0 Å². The average Bonchev–Trinajstić information content (AvgIpc) is 2.15. The van der Waals surface area contributed by atoms with Gasteiger partial charge in [-0.05, 0) is 28.4 Å². The van der Waals surface area contributed by atoms with Gasteiger partial charge in [-0.15, -0.1) is 0 Å². The molecule has 0 aliphatic carbocycles. The molecule has 0 saturated heterocycles. The van der Waals surface area contributed by atoms with E-state index < -0.39 is 21.8 Å². The molecule has 0 aliphatic rings. The first-order chi connectivity index (χ1) is 6.83. The van der Waals surface area contributed by atoms with E-state index in [1.54, 1.807) is 0 Å². The molecule has 1 aromatic carbocycles. The molecule has 1 nitrogen and oxygen atoms in total. The van der Waals surface area contributed by atoms with Gasteiger partial charge in [-0.2, -0.15) is 8.78 Å². The van der Waals surface area contributed by atoms with Gasteiger partial charge in [0.15, 0.2) is 5.60 Å². The Hall–Kier alpha value is -0.550. The van der Waals surface area contributed by atoms with E-state index in [4.69, 9.17) is 0 Å². The van der Waals surface area contributed by atoms with Gasteiger partial charge >= 0.3 is 4.83 Å². The van der Waals surface area contributed by atoms with E-state index in [-0.39, 0.29) is 6.42 Å². The molecule has 84 valence electrons. The molecule has 1 atom stereocenters. The highest BCUT2D eigenvalue weighted by molar-refractivity contribution is 9.10. The van der Waals surface area contributed by atoms with Crippen molar-refractivity contribution in [1.29, 1.82) is 0 Å². The fraction of sp³-hybridized carbons (Fsp3) is 0.400. The minimum atomic E-state index is -3.57. The van der Waals surface area contributed by atoms with Gasteiger partial charge < -0.3 is 5.11 Å². The van der Waals surface area contributed by atoms with Crippen LogP contribution < -0.4 is 0 Å². The second-order valence-corrected chi connectivity index (χ2v) is 4.19. The van der Waals surface area contributed by atoms with Gasteiger partial charge in [0.25, 0.3) is 0 Å². The summed E-state index contributed by atoms with van der Waals surface area (Å²) in [6, 6.07) is 4.96. The number of aliphatic hydroxyl groups is 1. The van der Waals surface area contributed by atoms with Gasteiger partial charge in [0, 0.05) is 5.56 Å². The summed E-state index contributed by atoms with van der Waals surface area (Å²) in [5, 5.41) is 9.77. The summed E-state index contributed by atoms with van der Waals surface area (Å²) < 4.78 is 39.6. The molecule has 1 rings (SSSR count). The van der Waals surface area contributed by atoms with E-state index in [1.807, 2.05) is 0 Å². The SMILES string of the molecule is CCC(O)(c1ccccc1F)C(F)(F)Br. The zero-order chi connectivity index (χ0) is 11.7. The van der Waals surface area contributed by atoms with Crippen molar-refractivity contribution in [2.45, 2.75) is 23.8 Å². The molecule has 1 aromatic rings. The highest BCUT2D eigenvalue weighted by atomic mass is 79.9. The van der Waals surface area contributed by atoms with Crippen molar-refractivity contribution in [3.63, 3.8) is 0 Å². The molecule has 15 heavy (non-hydrogen) atoms. The average molecular weight is 283 g/mol. The number of alkyl halides is 3. The van der Waals surface area contributed by atoms with Crippen LogP contribution in [0.25, 0.3) is 0 Å². The molecule has 1 N–H and O–H groups in total. The zero-order valence-corrected chi connectivity index (χ0v) is 9.56. The Labute approximate surface area is 94.0 Å². The Kier molecular flexibility index (Phi) is 3.45. The Morgan fingerprint density at radius 3 is 2.27 bits per heavy atom. The lowest BCUT2D eigenvalue weighted by Gasteiger charge is -2.31. The third-order valence-electron chi connectivity index (χ3n) is 2.30. The monoisotopic (exact) mass is 282 g/mol. The maximum absolute atomic E-state index is 13.3. The smallest absolute Gasteiger partial charge is 0.333 e. The highest BCUT2D eigenvalue weighted by Gasteiger charge is 2.51. The topological polar surface area (TPSA) is 20.2 Å². The third kappa shape index (κ3) is 2.18. The number of hydrogen-bond acceptors (Lipinski definition) is 1. The summed E-state index contributed by atoms with van der Waals surface area (Å²) in [5.74, 6) is -0.846. The van der Waals surface area contributed by atoms with Crippen LogP contribution in [0, 0.1) is 5.82 Å². The summed E-state index contributed by atoms with van der Waals surface area (Å²) in [4.78, 5) is -3.57. The molecule has 0 fully saturated rings. The van der Waals surface area contributed by atoms with Crippen molar-refractivity contribution in [3.05, 3.63) is 35.6 Å². The molecule has 0 spiro atoms. The molecule has 0 bridgehead atoms. The first-order valence-corrected chi connectivity index (χ1v) is 5.16. The summed E-state index contributed by atoms with van der Waals surface area (Å²) >= 11 is 2.08. The van der Waals surface area contributed by atoms with E-state index in [2.05, 4.69) is 15.9 Å². The highest BCUT2D eigenvalue weighted by Crippen LogP contribution is 2.45. The van der Waals surface area contributed by atoms with E-state index in [9.17, 15) is 18.3 Å². The number of rotatable bonds is 3. The lowest BCUT2D eigenvalue weighted by Crippen LogP contribution is -2.41. The van der Waals surface area contributed by atoms with Gasteiger partial charge in [-0.3, -0.25) is 0 Å². The van der Waals surface area contributed by atoms with Gasteiger partial charge in [0.05, 0.1) is 0 Å². The Balaban J connectivity index is 3.30. The van der Waals surface area contributed by atoms with E-state index in [0.717, 1.165) is 12.1 Å². The van der Waals surface area contributed by atoms with Crippen LogP contribution in [0.1, 0.15) is 18.9 Å². The summed E-state index contributed by atoms with van der Waals surface area (Å²) in [6.45, 7) is 1.36. The lowest BCUT2D eigenvalue weighted by atomic mass is 9.91. The quantitative estimate of drug-likeness (QED) is 0.843. The summed E-state index contributed by atoms with van der Waals surface area (Å²) in [7, 11) is 0. The Bertz CT molecular complexity index is 351.